The number of hydrogen-bond acceptors (Lipinski definition) is 4. The number of hydrogen-bond donors (Lipinski definition) is 0. The van der Waals surface area contributed by atoms with Gasteiger partial charge in [0.1, 0.15) is 0 Å². The molecule has 4 rings (SSSR count). The molecule has 2 aromatic rings. The van der Waals surface area contributed by atoms with Gasteiger partial charge in [0.25, 0.3) is 5.56 Å². The van der Waals surface area contributed by atoms with Crippen molar-refractivity contribution >= 4 is 0 Å². The topological polar surface area (TPSA) is 61.9 Å². The summed E-state index contributed by atoms with van der Waals surface area (Å²) in [7, 11) is 0. The predicted molar refractivity (Wildman–Crippen MR) is 95.1 cm³/mol. The van der Waals surface area contributed by atoms with Crippen LogP contribution in [0, 0.1) is 11.3 Å². The highest BCUT2D eigenvalue weighted by Crippen LogP contribution is 2.38. The summed E-state index contributed by atoms with van der Waals surface area (Å²) in [6.07, 6.45) is 4.63. The van der Waals surface area contributed by atoms with Gasteiger partial charge in [0, 0.05) is 24.6 Å². The molecule has 0 N–H and O–H groups in total. The summed E-state index contributed by atoms with van der Waals surface area (Å²) in [4.78, 5) is 14.6. The first-order chi connectivity index (χ1) is 12.2. The van der Waals surface area contributed by atoms with E-state index in [0.29, 0.717) is 24.1 Å². The monoisotopic (exact) mass is 334 g/mol. The van der Waals surface area contributed by atoms with Crippen LogP contribution in [0.3, 0.4) is 0 Å². The van der Waals surface area contributed by atoms with E-state index in [9.17, 15) is 4.79 Å². The predicted octanol–water partition coefficient (Wildman–Crippen LogP) is 2.66. The third-order valence-corrected chi connectivity index (χ3v) is 5.23. The normalized spacial score (nSPS) is 20.5. The lowest BCUT2D eigenvalue weighted by Crippen LogP contribution is -2.36. The first kappa shape index (κ1) is 16.0. The molecule has 1 aliphatic heterocycles. The van der Waals surface area contributed by atoms with Gasteiger partial charge in [-0.05, 0) is 56.0 Å². The van der Waals surface area contributed by atoms with E-state index < -0.39 is 0 Å². The van der Waals surface area contributed by atoms with Crippen molar-refractivity contribution in [1.82, 2.24) is 14.7 Å². The molecule has 2 fully saturated rings. The molecule has 1 saturated carbocycles. The lowest BCUT2D eigenvalue weighted by molar-refractivity contribution is 0.216. The molecular weight excluding hydrogens is 312 g/mol. The summed E-state index contributed by atoms with van der Waals surface area (Å²) < 4.78 is 1.66. The maximum atomic E-state index is 12.2. The lowest BCUT2D eigenvalue weighted by atomic mass is 10.1. The van der Waals surface area contributed by atoms with Crippen molar-refractivity contribution in [2.24, 2.45) is 0 Å². The average molecular weight is 334 g/mol. The molecule has 128 valence electrons. The fourth-order valence-corrected chi connectivity index (χ4v) is 3.62. The fourth-order valence-electron chi connectivity index (χ4n) is 3.62. The molecule has 1 unspecified atom stereocenters. The number of likely N-dealkylation sites (tertiary alicyclic amines) is 1. The van der Waals surface area contributed by atoms with Gasteiger partial charge in [-0.2, -0.15) is 10.4 Å². The molecule has 1 atom stereocenters. The van der Waals surface area contributed by atoms with Crippen LogP contribution in [0.2, 0.25) is 0 Å². The van der Waals surface area contributed by atoms with Crippen molar-refractivity contribution in [2.45, 2.75) is 50.7 Å². The summed E-state index contributed by atoms with van der Waals surface area (Å²) in [5.41, 5.74) is 2.96. The SMILES string of the molecule is N#Cc1ccc(CN2CCCC2Cn2nc(C3CC3)ccc2=O)cc1. The third kappa shape index (κ3) is 3.64. The van der Waals surface area contributed by atoms with Crippen LogP contribution in [0.15, 0.2) is 41.2 Å². The largest absolute Gasteiger partial charge is 0.294 e. The van der Waals surface area contributed by atoms with Crippen LogP contribution < -0.4 is 5.56 Å². The lowest BCUT2D eigenvalue weighted by Gasteiger charge is -2.25. The van der Waals surface area contributed by atoms with Crippen LogP contribution in [-0.2, 0) is 13.1 Å². The molecule has 0 spiro atoms. The first-order valence-electron chi connectivity index (χ1n) is 9.04. The fraction of sp³-hybridized carbons (Fsp3) is 0.450. The van der Waals surface area contributed by atoms with Gasteiger partial charge in [0.05, 0.1) is 23.9 Å². The summed E-state index contributed by atoms with van der Waals surface area (Å²) in [5, 5.41) is 13.5. The summed E-state index contributed by atoms with van der Waals surface area (Å²) in [6, 6.07) is 13.8. The van der Waals surface area contributed by atoms with Gasteiger partial charge in [0.15, 0.2) is 0 Å². The standard InChI is InChI=1S/C20H22N4O/c21-12-15-3-5-16(6-4-15)13-23-11-1-2-18(23)14-24-20(25)10-9-19(22-24)17-7-8-17/h3-6,9-10,17-18H,1-2,7-8,11,13-14H2. The molecule has 1 aromatic heterocycles. The molecule has 1 aromatic carbocycles. The van der Waals surface area contributed by atoms with Gasteiger partial charge in [-0.1, -0.05) is 12.1 Å². The molecule has 0 bridgehead atoms. The second-order valence-corrected chi connectivity index (χ2v) is 7.13. The highest BCUT2D eigenvalue weighted by Gasteiger charge is 2.28. The maximum Gasteiger partial charge on any atom is 0.266 e. The van der Waals surface area contributed by atoms with Crippen molar-refractivity contribution in [3.8, 4) is 6.07 Å². The van der Waals surface area contributed by atoms with Crippen LogP contribution in [-0.4, -0.2) is 27.3 Å². The molecule has 5 heteroatoms. The average Bonchev–Trinajstić information content (AvgIpc) is 3.40. The second kappa shape index (κ2) is 6.81. The Hall–Kier alpha value is -2.45. The molecule has 2 heterocycles. The molecule has 1 saturated heterocycles. The summed E-state index contributed by atoms with van der Waals surface area (Å²) >= 11 is 0. The van der Waals surface area contributed by atoms with Gasteiger partial charge in [-0.25, -0.2) is 4.68 Å². The molecular formula is C20H22N4O. The minimum absolute atomic E-state index is 0.00498. The molecule has 5 nitrogen and oxygen atoms in total. The highest BCUT2D eigenvalue weighted by atomic mass is 16.1. The number of rotatable bonds is 5. The van der Waals surface area contributed by atoms with E-state index in [4.69, 9.17) is 5.26 Å². The molecule has 0 radical (unpaired) electrons. The van der Waals surface area contributed by atoms with Gasteiger partial charge in [0.2, 0.25) is 0 Å². The maximum absolute atomic E-state index is 12.2. The molecule has 2 aliphatic rings. The molecule has 1 aliphatic carbocycles. The van der Waals surface area contributed by atoms with Crippen LogP contribution in [0.1, 0.15) is 48.4 Å². The first-order valence-corrected chi connectivity index (χ1v) is 9.04. The van der Waals surface area contributed by atoms with Crippen molar-refractivity contribution < 1.29 is 0 Å². The van der Waals surface area contributed by atoms with Crippen LogP contribution in [0.5, 0.6) is 0 Å². The minimum atomic E-state index is -0.00498. The van der Waals surface area contributed by atoms with E-state index >= 15 is 0 Å². The van der Waals surface area contributed by atoms with Crippen molar-refractivity contribution in [3.05, 3.63) is 63.6 Å². The molecule has 0 amide bonds. The Morgan fingerprint density at radius 2 is 1.92 bits per heavy atom. The Kier molecular flexibility index (Phi) is 4.37. The molecule has 25 heavy (non-hydrogen) atoms. The quantitative estimate of drug-likeness (QED) is 0.843. The van der Waals surface area contributed by atoms with E-state index in [2.05, 4.69) is 16.1 Å². The Labute approximate surface area is 147 Å². The van der Waals surface area contributed by atoms with E-state index in [-0.39, 0.29) is 5.56 Å². The minimum Gasteiger partial charge on any atom is -0.294 e. The van der Waals surface area contributed by atoms with E-state index in [1.165, 1.54) is 18.4 Å². The van der Waals surface area contributed by atoms with Crippen molar-refractivity contribution in [2.75, 3.05) is 6.54 Å². The van der Waals surface area contributed by atoms with Gasteiger partial charge < -0.3 is 0 Å². The Balaban J connectivity index is 1.47. The van der Waals surface area contributed by atoms with Crippen LogP contribution in [0.4, 0.5) is 0 Å². The Morgan fingerprint density at radius 3 is 2.64 bits per heavy atom. The van der Waals surface area contributed by atoms with E-state index in [1.54, 1.807) is 10.7 Å². The van der Waals surface area contributed by atoms with Gasteiger partial charge in [-0.3, -0.25) is 9.69 Å². The zero-order valence-corrected chi connectivity index (χ0v) is 14.3. The van der Waals surface area contributed by atoms with Crippen molar-refractivity contribution in [1.29, 1.82) is 5.26 Å². The highest BCUT2D eigenvalue weighted by molar-refractivity contribution is 5.31. The van der Waals surface area contributed by atoms with Gasteiger partial charge >= 0.3 is 0 Å². The van der Waals surface area contributed by atoms with Crippen LogP contribution >= 0.6 is 0 Å². The zero-order valence-electron chi connectivity index (χ0n) is 14.3. The zero-order chi connectivity index (χ0) is 17.2. The summed E-state index contributed by atoms with van der Waals surface area (Å²) in [6.45, 7) is 2.56. The van der Waals surface area contributed by atoms with Gasteiger partial charge in [-0.15, -0.1) is 0 Å². The van der Waals surface area contributed by atoms with E-state index in [0.717, 1.165) is 31.6 Å². The van der Waals surface area contributed by atoms with Crippen LogP contribution in [0.25, 0.3) is 0 Å². The number of nitrogens with zero attached hydrogens (tertiary/aromatic N) is 4. The summed E-state index contributed by atoms with van der Waals surface area (Å²) in [5.74, 6) is 0.560. The number of nitriles is 1. The second-order valence-electron chi connectivity index (χ2n) is 7.13. The number of aromatic nitrogens is 2. The Morgan fingerprint density at radius 1 is 1.12 bits per heavy atom. The smallest absolute Gasteiger partial charge is 0.266 e. The van der Waals surface area contributed by atoms with Crippen molar-refractivity contribution in [3.63, 3.8) is 0 Å². The number of benzene rings is 1. The third-order valence-electron chi connectivity index (χ3n) is 5.23. The Bertz CT molecular complexity index is 845. The van der Waals surface area contributed by atoms with E-state index in [1.807, 2.05) is 30.3 Å².